The van der Waals surface area contributed by atoms with Crippen LogP contribution in [0.25, 0.3) is 11.0 Å². The van der Waals surface area contributed by atoms with E-state index < -0.39 is 11.0 Å². The van der Waals surface area contributed by atoms with Crippen LogP contribution in [0.3, 0.4) is 0 Å². The van der Waals surface area contributed by atoms with Crippen LogP contribution in [-0.2, 0) is 28.0 Å². The van der Waals surface area contributed by atoms with Gasteiger partial charge in [0.05, 0.1) is 41.0 Å². The number of methoxy groups -OCH3 is 1. The molecule has 2 atom stereocenters. The molecule has 0 radical (unpaired) electrons. The van der Waals surface area contributed by atoms with Crippen molar-refractivity contribution in [2.24, 2.45) is 5.92 Å². The standard InChI is InChI=1S/C25H30N6O4/c1-24(2,22-28-21(13-33-3)29-35-22)14-31-15-25(34-23(31)32)8-4-5-18(10-25)12-30-16-27-19-7-6-17(11-26)9-20(19)30/h6-7,9,16,18H,4-5,8,10,12-15H2,1-3H3/t18-,25-/m0/s1. The Hall–Kier alpha value is -3.45. The van der Waals surface area contributed by atoms with Crippen LogP contribution in [0.1, 0.15) is 56.8 Å². The number of nitrogens with zero attached hydrogens (tertiary/aromatic N) is 6. The van der Waals surface area contributed by atoms with Gasteiger partial charge in [-0.3, -0.25) is 0 Å². The molecule has 2 aliphatic rings. The van der Waals surface area contributed by atoms with Gasteiger partial charge in [0.15, 0.2) is 5.82 Å². The van der Waals surface area contributed by atoms with Crippen molar-refractivity contribution in [3.8, 4) is 6.07 Å². The highest BCUT2D eigenvalue weighted by Crippen LogP contribution is 2.41. The highest BCUT2D eigenvalue weighted by atomic mass is 16.6. The Balaban J connectivity index is 1.27. The van der Waals surface area contributed by atoms with E-state index in [1.54, 1.807) is 18.1 Å². The summed E-state index contributed by atoms with van der Waals surface area (Å²) in [5.74, 6) is 1.31. The molecule has 0 N–H and O–H groups in total. The van der Waals surface area contributed by atoms with Gasteiger partial charge in [-0.05, 0) is 63.6 Å². The largest absolute Gasteiger partial charge is 0.441 e. The predicted octanol–water partition coefficient (Wildman–Crippen LogP) is 3.80. The number of rotatable bonds is 7. The van der Waals surface area contributed by atoms with E-state index in [0.29, 0.717) is 36.3 Å². The fourth-order valence-corrected chi connectivity index (χ4v) is 5.46. The number of amides is 1. The van der Waals surface area contributed by atoms with E-state index in [0.717, 1.165) is 43.3 Å². The van der Waals surface area contributed by atoms with Gasteiger partial charge >= 0.3 is 6.09 Å². The molecule has 10 nitrogen and oxygen atoms in total. The molecule has 3 aromatic rings. The summed E-state index contributed by atoms with van der Waals surface area (Å²) < 4.78 is 18.7. The van der Waals surface area contributed by atoms with E-state index in [9.17, 15) is 10.1 Å². The van der Waals surface area contributed by atoms with E-state index in [1.807, 2.05) is 32.3 Å². The summed E-state index contributed by atoms with van der Waals surface area (Å²) in [6, 6.07) is 7.76. The first kappa shape index (κ1) is 23.3. The second-order valence-electron chi connectivity index (χ2n) is 10.4. The van der Waals surface area contributed by atoms with Crippen molar-refractivity contribution >= 4 is 17.1 Å². The maximum atomic E-state index is 12.9. The minimum atomic E-state index is -0.522. The quantitative estimate of drug-likeness (QED) is 0.503. The number of fused-ring (bicyclic) bond motifs is 1. The lowest BCUT2D eigenvalue weighted by Gasteiger charge is -2.36. The molecule has 1 spiro atoms. The van der Waals surface area contributed by atoms with Crippen molar-refractivity contribution in [1.29, 1.82) is 5.26 Å². The molecule has 1 saturated heterocycles. The highest BCUT2D eigenvalue weighted by Gasteiger charge is 2.49. The van der Waals surface area contributed by atoms with Gasteiger partial charge in [-0.15, -0.1) is 0 Å². The van der Waals surface area contributed by atoms with E-state index in [4.69, 9.17) is 14.0 Å². The minimum Gasteiger partial charge on any atom is -0.441 e. The Kier molecular flexibility index (Phi) is 5.97. The Labute approximate surface area is 203 Å². The second-order valence-corrected chi connectivity index (χ2v) is 10.4. The minimum absolute atomic E-state index is 0.278. The fraction of sp³-hybridized carbons (Fsp3) is 0.560. The van der Waals surface area contributed by atoms with E-state index in [-0.39, 0.29) is 12.7 Å². The molecule has 5 rings (SSSR count). The number of benzene rings is 1. The molecule has 2 fully saturated rings. The van der Waals surface area contributed by atoms with Gasteiger partial charge in [0.25, 0.3) is 0 Å². The zero-order chi connectivity index (χ0) is 24.6. The predicted molar refractivity (Wildman–Crippen MR) is 125 cm³/mol. The maximum absolute atomic E-state index is 12.9. The van der Waals surface area contributed by atoms with Gasteiger partial charge < -0.3 is 23.5 Å². The summed E-state index contributed by atoms with van der Waals surface area (Å²) in [5, 5.41) is 13.2. The first-order valence-electron chi connectivity index (χ1n) is 12.0. The zero-order valence-corrected chi connectivity index (χ0v) is 20.4. The summed E-state index contributed by atoms with van der Waals surface area (Å²) in [6.45, 7) is 6.00. The van der Waals surface area contributed by atoms with Crippen LogP contribution in [0.5, 0.6) is 0 Å². The molecule has 0 bridgehead atoms. The number of aromatic nitrogens is 4. The van der Waals surface area contributed by atoms with Crippen LogP contribution in [0.15, 0.2) is 29.0 Å². The molecule has 1 aliphatic carbocycles. The zero-order valence-electron chi connectivity index (χ0n) is 20.4. The maximum Gasteiger partial charge on any atom is 0.410 e. The van der Waals surface area contributed by atoms with Crippen LogP contribution < -0.4 is 0 Å². The summed E-state index contributed by atoms with van der Waals surface area (Å²) in [6.07, 6.45) is 5.26. The molecular formula is C25H30N6O4. The van der Waals surface area contributed by atoms with E-state index in [1.165, 1.54) is 0 Å². The number of hydrogen-bond acceptors (Lipinski definition) is 8. The topological polar surface area (TPSA) is 119 Å². The Morgan fingerprint density at radius 1 is 1.37 bits per heavy atom. The molecule has 1 aromatic carbocycles. The van der Waals surface area contributed by atoms with Crippen molar-refractivity contribution in [3.63, 3.8) is 0 Å². The van der Waals surface area contributed by atoms with Gasteiger partial charge in [0.1, 0.15) is 12.2 Å². The van der Waals surface area contributed by atoms with Crippen molar-refractivity contribution in [2.45, 2.75) is 63.7 Å². The lowest BCUT2D eigenvalue weighted by Crippen LogP contribution is -2.43. The molecule has 2 aromatic heterocycles. The molecule has 10 heteroatoms. The molecule has 35 heavy (non-hydrogen) atoms. The number of hydrogen-bond donors (Lipinski definition) is 0. The van der Waals surface area contributed by atoms with Crippen LogP contribution in [0.2, 0.25) is 0 Å². The average Bonchev–Trinajstić information content (AvgIpc) is 3.53. The normalized spacial score (nSPS) is 22.6. The summed E-state index contributed by atoms with van der Waals surface area (Å²) in [4.78, 5) is 23.6. The molecule has 184 valence electrons. The third-order valence-corrected chi connectivity index (χ3v) is 7.06. The van der Waals surface area contributed by atoms with Crippen molar-refractivity contribution < 1.29 is 18.8 Å². The number of nitriles is 1. The Morgan fingerprint density at radius 3 is 3.03 bits per heavy atom. The summed E-state index contributed by atoms with van der Waals surface area (Å²) in [7, 11) is 1.58. The Morgan fingerprint density at radius 2 is 2.23 bits per heavy atom. The first-order chi connectivity index (χ1) is 16.8. The van der Waals surface area contributed by atoms with E-state index >= 15 is 0 Å². The SMILES string of the molecule is COCc1noc(C(C)(C)CN2C[C@@]3(CCC[C@H](Cn4cnc5ccc(C#N)cc54)C3)OC2=O)n1. The van der Waals surface area contributed by atoms with Gasteiger partial charge in [-0.1, -0.05) is 5.16 Å². The van der Waals surface area contributed by atoms with Crippen molar-refractivity contribution in [2.75, 3.05) is 20.2 Å². The summed E-state index contributed by atoms with van der Waals surface area (Å²) in [5.41, 5.74) is 1.46. The highest BCUT2D eigenvalue weighted by molar-refractivity contribution is 5.77. The third kappa shape index (κ3) is 4.60. The van der Waals surface area contributed by atoms with Gasteiger partial charge in [0.2, 0.25) is 5.89 Å². The number of carbonyl (C=O) groups is 1. The number of imidazole rings is 1. The van der Waals surface area contributed by atoms with Gasteiger partial charge in [-0.2, -0.15) is 10.2 Å². The monoisotopic (exact) mass is 478 g/mol. The van der Waals surface area contributed by atoms with Crippen LogP contribution >= 0.6 is 0 Å². The van der Waals surface area contributed by atoms with Crippen molar-refractivity contribution in [3.05, 3.63) is 41.8 Å². The van der Waals surface area contributed by atoms with Crippen LogP contribution in [0.4, 0.5) is 4.79 Å². The third-order valence-electron chi connectivity index (χ3n) is 7.06. The first-order valence-corrected chi connectivity index (χ1v) is 12.0. The lowest BCUT2D eigenvalue weighted by molar-refractivity contribution is 0.00413. The lowest BCUT2D eigenvalue weighted by atomic mass is 9.77. The van der Waals surface area contributed by atoms with E-state index in [2.05, 4.69) is 25.8 Å². The molecule has 1 amide bonds. The molecule has 3 heterocycles. The molecular weight excluding hydrogens is 448 g/mol. The van der Waals surface area contributed by atoms with Crippen molar-refractivity contribution in [1.82, 2.24) is 24.6 Å². The van der Waals surface area contributed by atoms with Crippen LogP contribution in [-0.4, -0.2) is 56.5 Å². The smallest absolute Gasteiger partial charge is 0.410 e. The number of ether oxygens (including phenoxy) is 2. The van der Waals surface area contributed by atoms with Gasteiger partial charge in [-0.25, -0.2) is 9.78 Å². The molecule has 1 aliphatic heterocycles. The number of carbonyl (C=O) groups excluding carboxylic acids is 1. The molecule has 0 unspecified atom stereocenters. The van der Waals surface area contributed by atoms with Gasteiger partial charge in [0, 0.05) is 20.2 Å². The molecule has 1 saturated carbocycles. The fourth-order valence-electron chi connectivity index (χ4n) is 5.46. The average molecular weight is 479 g/mol. The second kappa shape index (κ2) is 8.96. The van der Waals surface area contributed by atoms with Crippen LogP contribution in [0, 0.1) is 17.2 Å². The summed E-state index contributed by atoms with van der Waals surface area (Å²) >= 11 is 0. The Bertz CT molecular complexity index is 1270.